The molecule has 212 valence electrons. The number of carbonyl (C=O) groups excluding carboxylic acids is 2. The van der Waals surface area contributed by atoms with E-state index in [1.165, 1.54) is 43.7 Å². The molecule has 38 heavy (non-hydrogen) atoms. The Balaban J connectivity index is 1.47. The molecule has 2 aliphatic rings. The lowest BCUT2D eigenvalue weighted by Gasteiger charge is -2.49. The highest BCUT2D eigenvalue weighted by Gasteiger charge is 2.53. The second-order valence-electron chi connectivity index (χ2n) is 13.8. The molecule has 0 amide bonds. The summed E-state index contributed by atoms with van der Waals surface area (Å²) in [6, 6.07) is 8.45. The molecule has 1 aromatic carbocycles. The van der Waals surface area contributed by atoms with E-state index < -0.39 is 23.6 Å². The van der Waals surface area contributed by atoms with Crippen molar-refractivity contribution in [2.45, 2.75) is 118 Å². The molecule has 3 unspecified atom stereocenters. The number of ether oxygens (including phenoxy) is 2. The van der Waals surface area contributed by atoms with E-state index in [2.05, 4.69) is 65.8 Å². The van der Waals surface area contributed by atoms with Crippen molar-refractivity contribution in [3.05, 3.63) is 41.5 Å². The maximum absolute atomic E-state index is 13.2. The molecule has 2 saturated carbocycles. The number of aliphatic hydroxyl groups excluding tert-OH is 1. The number of aliphatic hydroxyl groups is 1. The molecule has 1 aromatic rings. The Morgan fingerprint density at radius 1 is 0.895 bits per heavy atom. The van der Waals surface area contributed by atoms with Crippen molar-refractivity contribution in [1.29, 1.82) is 0 Å². The summed E-state index contributed by atoms with van der Waals surface area (Å²) >= 11 is 0. The van der Waals surface area contributed by atoms with Crippen LogP contribution in [0.15, 0.2) is 30.3 Å². The van der Waals surface area contributed by atoms with Gasteiger partial charge in [0.2, 0.25) is 0 Å². The van der Waals surface area contributed by atoms with Crippen molar-refractivity contribution >= 4 is 18.0 Å². The van der Waals surface area contributed by atoms with E-state index in [1.54, 1.807) is 6.08 Å². The average molecular weight is 527 g/mol. The van der Waals surface area contributed by atoms with E-state index in [4.69, 9.17) is 9.47 Å². The van der Waals surface area contributed by atoms with Crippen LogP contribution in [0.25, 0.3) is 6.08 Å². The van der Waals surface area contributed by atoms with Gasteiger partial charge in [-0.15, -0.1) is 0 Å². The lowest BCUT2D eigenvalue weighted by molar-refractivity contribution is -0.175. The van der Waals surface area contributed by atoms with Gasteiger partial charge < -0.3 is 14.6 Å². The molecule has 0 heterocycles. The Morgan fingerprint density at radius 3 is 2.05 bits per heavy atom. The topological polar surface area (TPSA) is 72.8 Å². The fourth-order valence-corrected chi connectivity index (χ4v) is 6.24. The normalized spacial score (nSPS) is 23.8. The Kier molecular flexibility index (Phi) is 9.89. The van der Waals surface area contributed by atoms with Crippen LogP contribution in [0.5, 0.6) is 0 Å². The Labute approximate surface area is 230 Å². The van der Waals surface area contributed by atoms with Crippen LogP contribution in [0.2, 0.25) is 0 Å². The van der Waals surface area contributed by atoms with Gasteiger partial charge in [0.25, 0.3) is 0 Å². The summed E-state index contributed by atoms with van der Waals surface area (Å²) in [7, 11) is 0. The van der Waals surface area contributed by atoms with Crippen LogP contribution in [-0.4, -0.2) is 35.9 Å². The van der Waals surface area contributed by atoms with Gasteiger partial charge in [0.1, 0.15) is 6.10 Å². The van der Waals surface area contributed by atoms with E-state index >= 15 is 0 Å². The molecule has 2 fully saturated rings. The van der Waals surface area contributed by atoms with Crippen LogP contribution in [0.3, 0.4) is 0 Å². The number of benzene rings is 1. The van der Waals surface area contributed by atoms with Crippen LogP contribution in [-0.2, 0) is 19.1 Å². The minimum absolute atomic E-state index is 0.0475. The van der Waals surface area contributed by atoms with Crippen molar-refractivity contribution in [2.24, 2.45) is 22.2 Å². The zero-order valence-electron chi connectivity index (χ0n) is 24.7. The lowest BCUT2D eigenvalue weighted by atomic mass is 9.55. The maximum atomic E-state index is 13.2. The number of hydrogen-bond donors (Lipinski definition) is 1. The fourth-order valence-electron chi connectivity index (χ4n) is 6.24. The van der Waals surface area contributed by atoms with Crippen molar-refractivity contribution in [3.8, 4) is 0 Å². The highest BCUT2D eigenvalue weighted by atomic mass is 16.6. The molecule has 0 aliphatic heterocycles. The quantitative estimate of drug-likeness (QED) is 0.295. The van der Waals surface area contributed by atoms with E-state index in [9.17, 15) is 14.7 Å². The van der Waals surface area contributed by atoms with E-state index in [0.717, 1.165) is 12.0 Å². The summed E-state index contributed by atoms with van der Waals surface area (Å²) in [6.45, 7) is 14.7. The first kappa shape index (κ1) is 30.4. The highest BCUT2D eigenvalue weighted by molar-refractivity contribution is 5.87. The molecule has 5 nitrogen and oxygen atoms in total. The number of carbonyl (C=O) groups is 2. The minimum atomic E-state index is -0.767. The van der Waals surface area contributed by atoms with Crippen molar-refractivity contribution in [1.82, 2.24) is 0 Å². The number of esters is 2. The molecule has 2 aliphatic carbocycles. The van der Waals surface area contributed by atoms with E-state index in [1.807, 2.05) is 6.92 Å². The second kappa shape index (κ2) is 12.4. The van der Waals surface area contributed by atoms with Crippen LogP contribution < -0.4 is 0 Å². The molecule has 0 spiro atoms. The van der Waals surface area contributed by atoms with Crippen molar-refractivity contribution in [3.63, 3.8) is 0 Å². The summed E-state index contributed by atoms with van der Waals surface area (Å²) in [4.78, 5) is 25.7. The van der Waals surface area contributed by atoms with Gasteiger partial charge >= 0.3 is 11.9 Å². The third-order valence-corrected chi connectivity index (χ3v) is 9.41. The first-order valence-electron chi connectivity index (χ1n) is 14.6. The van der Waals surface area contributed by atoms with Gasteiger partial charge in [0, 0.05) is 6.08 Å². The van der Waals surface area contributed by atoms with Crippen molar-refractivity contribution < 1.29 is 24.2 Å². The van der Waals surface area contributed by atoms with E-state index in [-0.39, 0.29) is 29.3 Å². The second-order valence-corrected chi connectivity index (χ2v) is 13.8. The van der Waals surface area contributed by atoms with Gasteiger partial charge in [-0.05, 0) is 78.9 Å². The maximum Gasteiger partial charge on any atom is 0.331 e. The summed E-state index contributed by atoms with van der Waals surface area (Å²) < 4.78 is 11.4. The third-order valence-electron chi connectivity index (χ3n) is 9.41. The Morgan fingerprint density at radius 2 is 1.50 bits per heavy atom. The molecule has 0 bridgehead atoms. The fraction of sp³-hybridized carbons (Fsp3) is 0.697. The number of rotatable bonds is 7. The smallest absolute Gasteiger partial charge is 0.331 e. The molecule has 0 saturated heterocycles. The predicted octanol–water partition coefficient (Wildman–Crippen LogP) is 7.46. The van der Waals surface area contributed by atoms with Crippen LogP contribution in [0.1, 0.15) is 117 Å². The molecule has 3 atom stereocenters. The van der Waals surface area contributed by atoms with Crippen LogP contribution in [0, 0.1) is 22.2 Å². The van der Waals surface area contributed by atoms with Gasteiger partial charge in [-0.1, -0.05) is 85.1 Å². The van der Waals surface area contributed by atoms with Gasteiger partial charge in [-0.25, -0.2) is 4.79 Å². The first-order valence-corrected chi connectivity index (χ1v) is 14.6. The van der Waals surface area contributed by atoms with E-state index in [0.29, 0.717) is 18.8 Å². The molecule has 3 rings (SSSR count). The zero-order valence-corrected chi connectivity index (χ0v) is 24.7. The molecular formula is C33H50O5. The summed E-state index contributed by atoms with van der Waals surface area (Å²) in [5, 5.41) is 10.7. The Bertz CT molecular complexity index is 943. The highest BCUT2D eigenvalue weighted by Crippen LogP contribution is 2.52. The largest absolute Gasteiger partial charge is 0.465 e. The SMILES string of the molecule is CC(C)(C)C(C)(C(=O)OCC1CCC(OC(=O)/C=C/c2ccc(C3CCCCC3)cc2)C(O)C1)C(C)(C)C. The van der Waals surface area contributed by atoms with Crippen molar-refractivity contribution in [2.75, 3.05) is 6.61 Å². The Hall–Kier alpha value is -2.14. The number of hydrogen-bond acceptors (Lipinski definition) is 5. The third kappa shape index (κ3) is 7.28. The minimum Gasteiger partial charge on any atom is -0.465 e. The van der Waals surface area contributed by atoms with Gasteiger partial charge in [0.05, 0.1) is 18.1 Å². The molecular weight excluding hydrogens is 476 g/mol. The van der Waals surface area contributed by atoms with Gasteiger partial charge in [-0.3, -0.25) is 4.79 Å². The zero-order chi connectivity index (χ0) is 28.1. The first-order chi connectivity index (χ1) is 17.7. The molecule has 1 N–H and O–H groups in total. The summed E-state index contributed by atoms with van der Waals surface area (Å²) in [5.74, 6) is 0.0681. The summed E-state index contributed by atoms with van der Waals surface area (Å²) in [6.07, 6.45) is 10.1. The monoisotopic (exact) mass is 526 g/mol. The average Bonchev–Trinajstić information content (AvgIpc) is 2.86. The standard InChI is InChI=1S/C33H50O5/c1-31(2,3)33(7,32(4,5)6)30(36)37-22-24-15-19-28(27(34)21-24)38-29(35)20-16-23-13-17-26(18-14-23)25-11-9-8-10-12-25/h13-14,16-18,20,24-25,27-28,34H,8-12,15,19,21-22H2,1-7H3/b20-16+. The molecule has 0 radical (unpaired) electrons. The van der Waals surface area contributed by atoms with Crippen LogP contribution >= 0.6 is 0 Å². The lowest BCUT2D eigenvalue weighted by Crippen LogP contribution is -2.51. The molecule has 0 aromatic heterocycles. The van der Waals surface area contributed by atoms with Crippen LogP contribution in [0.4, 0.5) is 0 Å². The molecule has 5 heteroatoms. The summed E-state index contributed by atoms with van der Waals surface area (Å²) in [5.41, 5.74) is 1.16. The predicted molar refractivity (Wildman–Crippen MR) is 153 cm³/mol. The van der Waals surface area contributed by atoms with Gasteiger partial charge in [0.15, 0.2) is 0 Å². The van der Waals surface area contributed by atoms with Gasteiger partial charge in [-0.2, -0.15) is 0 Å².